The van der Waals surface area contributed by atoms with Crippen molar-refractivity contribution in [2.45, 2.75) is 3.91 Å². The molecule has 6 heteroatoms. The van der Waals surface area contributed by atoms with Crippen molar-refractivity contribution in [1.29, 1.82) is 0 Å². The normalized spacial score (nSPS) is 10.8. The van der Waals surface area contributed by atoms with Gasteiger partial charge in [-0.15, -0.1) is 0 Å². The van der Waals surface area contributed by atoms with E-state index in [0.29, 0.717) is 3.91 Å². The molecule has 0 aromatic carbocycles. The Hall–Kier alpha value is 2.10. The molecular weight excluding hydrogens is 240 g/mol. The summed E-state index contributed by atoms with van der Waals surface area (Å²) in [5.74, 6) is 0. The van der Waals surface area contributed by atoms with Gasteiger partial charge in [0.1, 0.15) is 3.91 Å². The van der Waals surface area contributed by atoms with Gasteiger partial charge in [0.15, 0.2) is 0 Å². The smallest absolute Gasteiger partial charge is 0.0955 e. The quantitative estimate of drug-likeness (QED) is 0.505. The molecule has 0 atom stereocenters. The van der Waals surface area contributed by atoms with Crippen LogP contribution in [-0.2, 0) is 0 Å². The van der Waals surface area contributed by atoms with Gasteiger partial charge in [-0.25, -0.2) is 0 Å². The van der Waals surface area contributed by atoms with E-state index < -0.39 is 0 Å². The summed E-state index contributed by atoms with van der Waals surface area (Å²) in [6, 6.07) is 0. The summed E-state index contributed by atoms with van der Waals surface area (Å²) in [6.07, 6.45) is 6.37. The molecule has 0 aliphatic carbocycles. The molecule has 0 aliphatic heterocycles. The third kappa shape index (κ3) is 6.79. The van der Waals surface area contributed by atoms with Crippen molar-refractivity contribution >= 4 is 64.8 Å². The van der Waals surface area contributed by atoms with Crippen LogP contribution in [0.25, 0.3) is 0 Å². The van der Waals surface area contributed by atoms with Crippen LogP contribution in [0.15, 0.2) is 0 Å². The molecule has 0 aliphatic rings. The molecule has 0 heterocycles. The fraction of sp³-hybridized carbons (Fsp3) is 1.00. The van der Waals surface area contributed by atoms with Gasteiger partial charge in [-0.2, -0.15) is 0 Å². The molecule has 0 aromatic heterocycles. The molecule has 0 radical (unpaired) electrons. The highest BCUT2D eigenvalue weighted by molar-refractivity contribution is 8.93. The first-order valence-corrected chi connectivity index (χ1v) is 10.3. The van der Waals surface area contributed by atoms with Gasteiger partial charge >= 0.3 is 0 Å². The lowest BCUT2D eigenvalue weighted by Crippen LogP contribution is -1.79. The highest BCUT2D eigenvalue weighted by atomic mass is 33.2. The summed E-state index contributed by atoms with van der Waals surface area (Å²) in [4.78, 5) is 0. The maximum Gasteiger partial charge on any atom is 0.126 e. The number of hydrogen-bond donors (Lipinski definition) is 0. The predicted molar refractivity (Wildman–Crippen MR) is 67.1 cm³/mol. The van der Waals surface area contributed by atoms with Gasteiger partial charge in [0.25, 0.3) is 0 Å². The third-order valence-electron chi connectivity index (χ3n) is 0.524. The fourth-order valence-electron chi connectivity index (χ4n) is 0.284. The monoisotopic (exact) mass is 250 g/mol. The van der Waals surface area contributed by atoms with E-state index in [0.717, 1.165) is 0 Å². The zero-order valence-electron chi connectivity index (χ0n) is 6.03. The van der Waals surface area contributed by atoms with Crippen LogP contribution >= 0.6 is 64.8 Å². The number of rotatable bonds is 6. The maximum atomic E-state index is 2.12. The van der Waals surface area contributed by atoms with Gasteiger partial charge in [0, 0.05) is 0 Å². The minimum atomic E-state index is 0.667. The Bertz CT molecular complexity index is 52.5. The van der Waals surface area contributed by atoms with Crippen LogP contribution in [0, 0.1) is 0 Å². The number of hydrogen-bond acceptors (Lipinski definition) is 6. The van der Waals surface area contributed by atoms with Crippen LogP contribution in [0.4, 0.5) is 0 Å². The summed E-state index contributed by atoms with van der Waals surface area (Å²) in [7, 11) is 11.3. The molecule has 0 rings (SSSR count). The van der Waals surface area contributed by atoms with Crippen LogP contribution in [0.3, 0.4) is 0 Å². The lowest BCUT2D eigenvalue weighted by molar-refractivity contribution is 2.15. The molecule has 10 heavy (non-hydrogen) atoms. The highest BCUT2D eigenvalue weighted by Gasteiger charge is 2.07. The predicted octanol–water partition coefficient (Wildman–Crippen LogP) is 4.30. The van der Waals surface area contributed by atoms with Crippen LogP contribution < -0.4 is 0 Å². The second-order valence-corrected chi connectivity index (χ2v) is 9.70. The van der Waals surface area contributed by atoms with Crippen molar-refractivity contribution in [1.82, 2.24) is 0 Å². The molecule has 0 aromatic rings. The first kappa shape index (κ1) is 12.1. The van der Waals surface area contributed by atoms with Crippen molar-refractivity contribution in [3.05, 3.63) is 0 Å². The molecule has 0 spiro atoms. The first-order chi connectivity index (χ1) is 4.85. The molecule has 0 fully saturated rings. The van der Waals surface area contributed by atoms with Crippen molar-refractivity contribution < 1.29 is 0 Å². The van der Waals surface area contributed by atoms with Gasteiger partial charge in [0.05, 0.1) is 0 Å². The molecular formula is C4H10S6. The Labute approximate surface area is 86.8 Å². The average molecular weight is 251 g/mol. The van der Waals surface area contributed by atoms with E-state index in [1.807, 2.05) is 64.8 Å². The molecule has 0 nitrogen and oxygen atoms in total. The van der Waals surface area contributed by atoms with Crippen molar-refractivity contribution in [3.8, 4) is 0 Å². The molecule has 0 saturated heterocycles. The third-order valence-corrected chi connectivity index (χ3v) is 8.96. The van der Waals surface area contributed by atoms with Crippen LogP contribution in [0.2, 0.25) is 0 Å². The molecule has 0 amide bonds. The van der Waals surface area contributed by atoms with E-state index in [1.165, 1.54) is 0 Å². The Kier molecular flexibility index (Phi) is 11.1. The lowest BCUT2D eigenvalue weighted by atomic mass is 11.9. The topological polar surface area (TPSA) is 0 Å². The zero-order chi connectivity index (χ0) is 7.82. The average Bonchev–Trinajstić information content (AvgIpc) is 1.90. The first-order valence-electron chi connectivity index (χ1n) is 2.43. The van der Waals surface area contributed by atoms with Gasteiger partial charge in [-0.05, 0) is 18.8 Å². The Morgan fingerprint density at radius 2 is 1.00 bits per heavy atom. The second kappa shape index (κ2) is 9.19. The Morgan fingerprint density at radius 1 is 0.700 bits per heavy atom. The van der Waals surface area contributed by atoms with E-state index in [4.69, 9.17) is 0 Å². The summed E-state index contributed by atoms with van der Waals surface area (Å²) >= 11 is 0. The minimum absolute atomic E-state index is 0.667. The summed E-state index contributed by atoms with van der Waals surface area (Å²) < 4.78 is 0.667. The lowest BCUT2D eigenvalue weighted by Gasteiger charge is -2.08. The fourth-order valence-corrected chi connectivity index (χ4v) is 10.3. The van der Waals surface area contributed by atoms with Crippen molar-refractivity contribution in [2.75, 3.05) is 18.8 Å². The van der Waals surface area contributed by atoms with Crippen molar-refractivity contribution in [3.63, 3.8) is 0 Å². The van der Waals surface area contributed by atoms with Crippen LogP contribution in [0.1, 0.15) is 0 Å². The van der Waals surface area contributed by atoms with Crippen molar-refractivity contribution in [2.24, 2.45) is 0 Å². The van der Waals surface area contributed by atoms with Gasteiger partial charge in [-0.3, -0.25) is 0 Å². The van der Waals surface area contributed by atoms with Gasteiger partial charge in [-0.1, -0.05) is 64.8 Å². The second-order valence-electron chi connectivity index (χ2n) is 1.08. The van der Waals surface area contributed by atoms with E-state index in [1.54, 1.807) is 0 Å². The van der Waals surface area contributed by atoms with Crippen LogP contribution in [-0.4, -0.2) is 22.7 Å². The van der Waals surface area contributed by atoms with Gasteiger partial charge in [0.2, 0.25) is 0 Å². The molecule has 0 unspecified atom stereocenters. The van der Waals surface area contributed by atoms with E-state index in [9.17, 15) is 0 Å². The maximum absolute atomic E-state index is 2.12. The summed E-state index contributed by atoms with van der Waals surface area (Å²) in [5.41, 5.74) is 0. The standard InChI is InChI=1S/C4H10S6/c1-5-8-4(9-6-2)10-7-3/h4H,1-3H3. The van der Waals surface area contributed by atoms with Crippen LogP contribution in [0.5, 0.6) is 0 Å². The zero-order valence-corrected chi connectivity index (χ0v) is 10.9. The Morgan fingerprint density at radius 3 is 1.20 bits per heavy atom. The SMILES string of the molecule is CSSC(SSC)SSC. The van der Waals surface area contributed by atoms with Gasteiger partial charge < -0.3 is 0 Å². The molecule has 0 saturated carbocycles. The summed E-state index contributed by atoms with van der Waals surface area (Å²) in [5, 5.41) is 0. The highest BCUT2D eigenvalue weighted by Crippen LogP contribution is 2.47. The Balaban J connectivity index is 3.30. The summed E-state index contributed by atoms with van der Waals surface area (Å²) in [6.45, 7) is 0. The molecule has 62 valence electrons. The molecule has 0 N–H and O–H groups in total. The van der Waals surface area contributed by atoms with E-state index in [-0.39, 0.29) is 0 Å². The van der Waals surface area contributed by atoms with E-state index in [2.05, 4.69) is 18.8 Å². The van der Waals surface area contributed by atoms with E-state index >= 15 is 0 Å². The molecule has 0 bridgehead atoms. The minimum Gasteiger partial charge on any atom is -0.0955 e. The largest absolute Gasteiger partial charge is 0.126 e.